The van der Waals surface area contributed by atoms with Gasteiger partial charge in [0.05, 0.1) is 7.98 Å². The molecular weight excluding hydrogens is 224 g/mol. The first-order valence-electron chi connectivity index (χ1n) is 5.03. The number of aliphatic hydroxyl groups excluding tert-OH is 3. The van der Waals surface area contributed by atoms with Gasteiger partial charge in [0.15, 0.2) is 0 Å². The van der Waals surface area contributed by atoms with Crippen LogP contribution < -0.4 is 0 Å². The van der Waals surface area contributed by atoms with E-state index in [0.29, 0.717) is 0 Å². The Labute approximate surface area is 92.1 Å². The summed E-state index contributed by atoms with van der Waals surface area (Å²) in [6.45, 7) is -3.40. The van der Waals surface area contributed by atoms with E-state index in [1.165, 1.54) is 0 Å². The Hall–Kier alpha value is -0.770. The largest absolute Gasteiger partial charge is 0.480 e. The summed E-state index contributed by atoms with van der Waals surface area (Å²) < 4.78 is 16.1. The van der Waals surface area contributed by atoms with Crippen LogP contribution in [0.4, 0.5) is 0 Å². The maximum atomic E-state index is 10.3. The third-order valence-electron chi connectivity index (χ3n) is 2.18. The van der Waals surface area contributed by atoms with Crippen molar-refractivity contribution in [3.8, 4) is 0 Å². The molecule has 0 aromatic rings. The number of carboxylic acids is 1. The molecule has 2 unspecified atom stereocenters. The predicted octanol–water partition coefficient (Wildman–Crippen LogP) is -3.11. The van der Waals surface area contributed by atoms with Crippen LogP contribution in [0.1, 0.15) is 1.37 Å². The number of aliphatic carboxylic acids is 1. The van der Waals surface area contributed by atoms with Crippen LogP contribution >= 0.6 is 0 Å². The van der Waals surface area contributed by atoms with E-state index in [0.717, 1.165) is 0 Å². The van der Waals surface area contributed by atoms with Crippen LogP contribution in [0, 0.1) is 0 Å². The lowest BCUT2D eigenvalue weighted by Gasteiger charge is -2.25. The molecule has 1 aliphatic heterocycles. The highest BCUT2D eigenvalue weighted by Crippen LogP contribution is 2.29. The van der Waals surface area contributed by atoms with Crippen LogP contribution in [0.15, 0.2) is 0 Å². The van der Waals surface area contributed by atoms with E-state index in [2.05, 4.69) is 4.74 Å². The van der Waals surface area contributed by atoms with Gasteiger partial charge in [-0.1, -0.05) is 0 Å². The summed E-state index contributed by atoms with van der Waals surface area (Å²) in [7, 11) is 0. The third kappa shape index (κ3) is 2.67. The zero-order valence-corrected chi connectivity index (χ0v) is 8.18. The maximum Gasteiger partial charge on any atom is 0.329 e. The Kier molecular flexibility index (Phi) is 3.69. The highest BCUT2D eigenvalue weighted by atomic mass is 16.7. The highest BCUT2D eigenvalue weighted by Gasteiger charge is 2.53. The van der Waals surface area contributed by atoms with Gasteiger partial charge in [-0.2, -0.15) is 0 Å². The van der Waals surface area contributed by atoms with Crippen LogP contribution in [0.5, 0.6) is 0 Å². The number of aliphatic hydroxyl groups is 4. The van der Waals surface area contributed by atoms with Crippen molar-refractivity contribution < 1.29 is 41.2 Å². The van der Waals surface area contributed by atoms with Gasteiger partial charge in [0.1, 0.15) is 31.5 Å². The first-order chi connectivity index (χ1) is 7.81. The first kappa shape index (κ1) is 11.7. The van der Waals surface area contributed by atoms with Crippen molar-refractivity contribution in [1.29, 1.82) is 0 Å². The molecule has 1 heterocycles. The van der Waals surface area contributed by atoms with E-state index in [9.17, 15) is 20.1 Å². The topological polar surface area (TPSA) is 137 Å². The summed E-state index contributed by atoms with van der Waals surface area (Å²) in [5, 5.41) is 45.7. The van der Waals surface area contributed by atoms with E-state index < -0.39 is 49.9 Å². The van der Waals surface area contributed by atoms with Crippen molar-refractivity contribution in [2.45, 2.75) is 24.1 Å². The highest BCUT2D eigenvalue weighted by molar-refractivity contribution is 5.67. The summed E-state index contributed by atoms with van der Waals surface area (Å²) in [5.41, 5.74) is 0. The minimum absolute atomic E-state index is 0.635. The zero-order valence-electron chi connectivity index (χ0n) is 9.18. The molecule has 8 nitrogen and oxygen atoms in total. The standard InChI is InChI=1S/C8H14O8/c9-1-4-6(12)7(13)8(14,16-4)3-15-2-5(10)11/h4,6-7,9,12-14H,1-3H2,(H,10,11)/t4-,6-,7+,8?/m1/s1/i2D/t2?,4-,6-,7+,8?. The molecule has 94 valence electrons. The van der Waals surface area contributed by atoms with Crippen molar-refractivity contribution in [3.63, 3.8) is 0 Å². The van der Waals surface area contributed by atoms with Gasteiger partial charge in [-0.25, -0.2) is 4.79 Å². The normalized spacial score (nSPS) is 41.8. The lowest BCUT2D eigenvalue weighted by molar-refractivity contribution is -0.255. The summed E-state index contributed by atoms with van der Waals surface area (Å²) in [5.74, 6) is -3.91. The minimum Gasteiger partial charge on any atom is -0.480 e. The molecule has 0 aliphatic carbocycles. The van der Waals surface area contributed by atoms with Gasteiger partial charge in [0, 0.05) is 0 Å². The molecule has 1 aliphatic rings. The van der Waals surface area contributed by atoms with E-state index in [1.54, 1.807) is 0 Å². The molecule has 0 aromatic heterocycles. The van der Waals surface area contributed by atoms with Crippen molar-refractivity contribution in [3.05, 3.63) is 0 Å². The van der Waals surface area contributed by atoms with Crippen LogP contribution in [0.25, 0.3) is 0 Å². The summed E-state index contributed by atoms with van der Waals surface area (Å²) in [6.07, 6.45) is -4.49. The zero-order chi connectivity index (χ0) is 13.2. The Morgan fingerprint density at radius 3 is 2.62 bits per heavy atom. The molecule has 1 fully saturated rings. The van der Waals surface area contributed by atoms with E-state index in [4.69, 9.17) is 16.3 Å². The number of hydrogen-bond acceptors (Lipinski definition) is 7. The molecular formula is C8H14O8. The Bertz CT molecular complexity index is 287. The van der Waals surface area contributed by atoms with E-state index in [1.807, 2.05) is 0 Å². The third-order valence-corrected chi connectivity index (χ3v) is 2.18. The molecule has 0 aromatic carbocycles. The van der Waals surface area contributed by atoms with Gasteiger partial charge in [-0.05, 0) is 0 Å². The Morgan fingerprint density at radius 2 is 2.19 bits per heavy atom. The van der Waals surface area contributed by atoms with Crippen molar-refractivity contribution in [1.82, 2.24) is 0 Å². The first-order valence-corrected chi connectivity index (χ1v) is 4.45. The summed E-state index contributed by atoms with van der Waals surface area (Å²) in [4.78, 5) is 10.3. The van der Waals surface area contributed by atoms with Gasteiger partial charge in [0.2, 0.25) is 5.79 Å². The fraction of sp³-hybridized carbons (Fsp3) is 0.875. The van der Waals surface area contributed by atoms with Crippen LogP contribution in [-0.4, -0.2) is 75.4 Å². The second kappa shape index (κ2) is 5.04. The van der Waals surface area contributed by atoms with Crippen LogP contribution in [-0.2, 0) is 14.3 Å². The quantitative estimate of drug-likeness (QED) is 0.340. The molecule has 1 saturated heterocycles. The second-order valence-corrected chi connectivity index (χ2v) is 3.39. The Balaban J connectivity index is 2.60. The number of rotatable bonds is 5. The SMILES string of the molecule is [2H]C(OCC1(O)O[C@H](CO)[C@@H](O)[C@@H]1O)C(=O)O. The van der Waals surface area contributed by atoms with Crippen molar-refractivity contribution in [2.24, 2.45) is 0 Å². The molecule has 8 heteroatoms. The van der Waals surface area contributed by atoms with Gasteiger partial charge in [-0.15, -0.1) is 0 Å². The molecule has 0 spiro atoms. The lowest BCUT2D eigenvalue weighted by Crippen LogP contribution is -2.47. The maximum absolute atomic E-state index is 10.3. The fourth-order valence-electron chi connectivity index (χ4n) is 1.37. The van der Waals surface area contributed by atoms with E-state index >= 15 is 0 Å². The minimum atomic E-state index is -2.35. The average Bonchev–Trinajstić information content (AvgIpc) is 2.51. The molecule has 0 bridgehead atoms. The van der Waals surface area contributed by atoms with Crippen molar-refractivity contribution in [2.75, 3.05) is 19.8 Å². The van der Waals surface area contributed by atoms with Gasteiger partial charge < -0.3 is 35.0 Å². The fourth-order valence-corrected chi connectivity index (χ4v) is 1.37. The molecule has 5 N–H and O–H groups in total. The van der Waals surface area contributed by atoms with Gasteiger partial charge in [-0.3, -0.25) is 0 Å². The number of ether oxygens (including phenoxy) is 2. The van der Waals surface area contributed by atoms with Crippen LogP contribution in [0.3, 0.4) is 0 Å². The van der Waals surface area contributed by atoms with Crippen LogP contribution in [0.2, 0.25) is 0 Å². The Morgan fingerprint density at radius 1 is 1.56 bits per heavy atom. The van der Waals surface area contributed by atoms with Gasteiger partial charge >= 0.3 is 5.97 Å². The lowest BCUT2D eigenvalue weighted by atomic mass is 10.1. The van der Waals surface area contributed by atoms with Gasteiger partial charge in [0.25, 0.3) is 0 Å². The van der Waals surface area contributed by atoms with E-state index in [-0.39, 0.29) is 0 Å². The molecule has 1 rings (SSSR count). The molecule has 0 amide bonds. The summed E-state index contributed by atoms with van der Waals surface area (Å²) >= 11 is 0. The predicted molar refractivity (Wildman–Crippen MR) is 47.4 cm³/mol. The average molecular weight is 239 g/mol. The molecule has 0 saturated carbocycles. The number of carbonyl (C=O) groups is 1. The summed E-state index contributed by atoms with van der Waals surface area (Å²) in [6, 6.07) is 0. The second-order valence-electron chi connectivity index (χ2n) is 3.39. The number of hydrogen-bond donors (Lipinski definition) is 5. The molecule has 0 radical (unpaired) electrons. The molecule has 5 atom stereocenters. The van der Waals surface area contributed by atoms with Crippen molar-refractivity contribution >= 4 is 5.97 Å². The monoisotopic (exact) mass is 239 g/mol. The number of carboxylic acid groups (broad SMARTS) is 1. The molecule has 16 heavy (non-hydrogen) atoms. The smallest absolute Gasteiger partial charge is 0.329 e.